The van der Waals surface area contributed by atoms with Crippen molar-refractivity contribution in [2.24, 2.45) is 0 Å². The van der Waals surface area contributed by atoms with E-state index in [0.29, 0.717) is 19.3 Å². The van der Waals surface area contributed by atoms with Crippen LogP contribution in [0.1, 0.15) is 32.6 Å². The number of hydrogen-bond acceptors (Lipinski definition) is 4. The largest absolute Gasteiger partial charge is 0.460 e. The van der Waals surface area contributed by atoms with E-state index in [0.717, 1.165) is 6.42 Å². The van der Waals surface area contributed by atoms with E-state index >= 15 is 0 Å². The fourth-order valence-electron chi connectivity index (χ4n) is 2.15. The Hall–Kier alpha value is -0.900. The fraction of sp³-hybridized carbons (Fsp3) is 0.800. The second-order valence-corrected chi connectivity index (χ2v) is 3.89. The van der Waals surface area contributed by atoms with Gasteiger partial charge in [-0.05, 0) is 19.3 Å². The Morgan fingerprint density at radius 3 is 2.93 bits per heavy atom. The van der Waals surface area contributed by atoms with Gasteiger partial charge in [0.25, 0.3) is 0 Å². The monoisotopic (exact) mass is 198 g/mol. The molecule has 0 aromatic carbocycles. The molecule has 2 aliphatic rings. The van der Waals surface area contributed by atoms with Crippen LogP contribution >= 0.6 is 0 Å². The van der Waals surface area contributed by atoms with Crippen LogP contribution < -0.4 is 0 Å². The molecule has 4 nitrogen and oxygen atoms in total. The zero-order valence-corrected chi connectivity index (χ0v) is 8.19. The van der Waals surface area contributed by atoms with Crippen molar-refractivity contribution in [2.45, 2.75) is 50.9 Å². The number of rotatable bonds is 1. The molecule has 0 radical (unpaired) electrons. The van der Waals surface area contributed by atoms with Crippen LogP contribution in [0.2, 0.25) is 0 Å². The zero-order chi connectivity index (χ0) is 10.1. The van der Waals surface area contributed by atoms with E-state index in [4.69, 9.17) is 9.47 Å². The quantitative estimate of drug-likeness (QED) is 0.585. The molecule has 0 saturated carbocycles. The molecule has 2 aliphatic heterocycles. The Bertz CT molecular complexity index is 261. The molecule has 4 heteroatoms. The van der Waals surface area contributed by atoms with Gasteiger partial charge in [-0.25, -0.2) is 0 Å². The molecule has 0 amide bonds. The van der Waals surface area contributed by atoms with Crippen LogP contribution in [0.15, 0.2) is 0 Å². The molecule has 2 saturated heterocycles. The second-order valence-electron chi connectivity index (χ2n) is 3.89. The summed E-state index contributed by atoms with van der Waals surface area (Å²) in [6, 6.07) is 0. The van der Waals surface area contributed by atoms with Crippen molar-refractivity contribution < 1.29 is 19.1 Å². The van der Waals surface area contributed by atoms with Crippen LogP contribution in [0.3, 0.4) is 0 Å². The first-order valence-electron chi connectivity index (χ1n) is 5.02. The predicted octanol–water partition coefficient (Wildman–Crippen LogP) is 0.829. The Balaban J connectivity index is 1.98. The average Bonchev–Trinajstić information content (AvgIpc) is 2.14. The molecule has 2 bridgehead atoms. The number of carbonyl (C=O) groups excluding carboxylic acids is 2. The van der Waals surface area contributed by atoms with E-state index in [1.807, 2.05) is 0 Å². The highest BCUT2D eigenvalue weighted by Gasteiger charge is 2.39. The molecule has 2 heterocycles. The maximum Gasteiger partial charge on any atom is 0.302 e. The number of esters is 1. The van der Waals surface area contributed by atoms with Gasteiger partial charge in [-0.1, -0.05) is 0 Å². The summed E-state index contributed by atoms with van der Waals surface area (Å²) in [5.74, 6) is -0.0727. The summed E-state index contributed by atoms with van der Waals surface area (Å²) >= 11 is 0. The number of carbonyl (C=O) groups is 2. The van der Waals surface area contributed by atoms with E-state index in [1.165, 1.54) is 6.92 Å². The molecular weight excluding hydrogens is 184 g/mol. The van der Waals surface area contributed by atoms with E-state index in [-0.39, 0.29) is 30.1 Å². The third-order valence-corrected chi connectivity index (χ3v) is 2.82. The molecule has 78 valence electrons. The van der Waals surface area contributed by atoms with Crippen molar-refractivity contribution in [3.05, 3.63) is 0 Å². The van der Waals surface area contributed by atoms with Crippen LogP contribution in [-0.2, 0) is 19.1 Å². The van der Waals surface area contributed by atoms with E-state index in [2.05, 4.69) is 0 Å². The summed E-state index contributed by atoms with van der Waals surface area (Å²) in [6.45, 7) is 1.40. The van der Waals surface area contributed by atoms with Crippen molar-refractivity contribution in [3.63, 3.8) is 0 Å². The standard InChI is InChI=1S/C10H14O4/c1-6(11)13-9-5-4-8-7(12)2-3-10(9)14-8/h8-10H,2-5H2,1H3. The summed E-state index contributed by atoms with van der Waals surface area (Å²) in [7, 11) is 0. The lowest BCUT2D eigenvalue weighted by Crippen LogP contribution is -2.47. The van der Waals surface area contributed by atoms with Crippen LogP contribution in [-0.4, -0.2) is 30.1 Å². The summed E-state index contributed by atoms with van der Waals surface area (Å²) in [4.78, 5) is 22.1. The van der Waals surface area contributed by atoms with Gasteiger partial charge in [-0.3, -0.25) is 9.59 Å². The Kier molecular flexibility index (Phi) is 2.54. The zero-order valence-electron chi connectivity index (χ0n) is 8.19. The van der Waals surface area contributed by atoms with Gasteiger partial charge in [0.15, 0.2) is 5.78 Å². The molecular formula is C10H14O4. The predicted molar refractivity (Wildman–Crippen MR) is 47.7 cm³/mol. The Morgan fingerprint density at radius 1 is 1.43 bits per heavy atom. The van der Waals surface area contributed by atoms with Gasteiger partial charge in [-0.15, -0.1) is 0 Å². The smallest absolute Gasteiger partial charge is 0.302 e. The lowest BCUT2D eigenvalue weighted by atomic mass is 9.89. The maximum atomic E-state index is 11.3. The summed E-state index contributed by atoms with van der Waals surface area (Å²) < 4.78 is 10.7. The first-order chi connectivity index (χ1) is 6.66. The summed E-state index contributed by atoms with van der Waals surface area (Å²) in [5, 5.41) is 0. The fourth-order valence-corrected chi connectivity index (χ4v) is 2.15. The minimum absolute atomic E-state index is 0.0599. The molecule has 0 spiro atoms. The highest BCUT2D eigenvalue weighted by Crippen LogP contribution is 2.30. The van der Waals surface area contributed by atoms with Gasteiger partial charge >= 0.3 is 5.97 Å². The lowest BCUT2D eigenvalue weighted by Gasteiger charge is -2.38. The minimum atomic E-state index is -0.269. The third-order valence-electron chi connectivity index (χ3n) is 2.82. The van der Waals surface area contributed by atoms with Crippen LogP contribution in [0.5, 0.6) is 0 Å². The van der Waals surface area contributed by atoms with Crippen LogP contribution in [0.4, 0.5) is 0 Å². The number of ether oxygens (including phenoxy) is 2. The average molecular weight is 198 g/mol. The van der Waals surface area contributed by atoms with Gasteiger partial charge in [0.05, 0.1) is 6.10 Å². The molecule has 0 aliphatic carbocycles. The van der Waals surface area contributed by atoms with Gasteiger partial charge in [0.2, 0.25) is 0 Å². The lowest BCUT2D eigenvalue weighted by molar-refractivity contribution is -0.181. The van der Waals surface area contributed by atoms with Gasteiger partial charge in [-0.2, -0.15) is 0 Å². The number of fused-ring (bicyclic) bond motifs is 2. The van der Waals surface area contributed by atoms with Gasteiger partial charge < -0.3 is 9.47 Å². The normalized spacial score (nSPS) is 36.6. The number of Topliss-reactive ketones (excluding diaryl/α,β-unsaturated/α-hetero) is 1. The molecule has 3 atom stereocenters. The number of hydrogen-bond donors (Lipinski definition) is 0. The van der Waals surface area contributed by atoms with E-state index < -0.39 is 0 Å². The SMILES string of the molecule is CC(=O)OC1CCC2OC1CCC2=O. The Morgan fingerprint density at radius 2 is 2.21 bits per heavy atom. The van der Waals surface area contributed by atoms with E-state index in [9.17, 15) is 9.59 Å². The highest BCUT2D eigenvalue weighted by molar-refractivity contribution is 5.83. The van der Waals surface area contributed by atoms with Crippen molar-refractivity contribution in [3.8, 4) is 0 Å². The minimum Gasteiger partial charge on any atom is -0.460 e. The second kappa shape index (κ2) is 3.69. The number of ketones is 1. The van der Waals surface area contributed by atoms with Crippen molar-refractivity contribution in [1.29, 1.82) is 0 Å². The first-order valence-corrected chi connectivity index (χ1v) is 5.02. The third kappa shape index (κ3) is 1.80. The molecule has 14 heavy (non-hydrogen) atoms. The van der Waals surface area contributed by atoms with Crippen molar-refractivity contribution in [2.75, 3.05) is 0 Å². The highest BCUT2D eigenvalue weighted by atomic mass is 16.6. The Labute approximate surface area is 82.6 Å². The van der Waals surface area contributed by atoms with E-state index in [1.54, 1.807) is 0 Å². The van der Waals surface area contributed by atoms with Crippen molar-refractivity contribution >= 4 is 11.8 Å². The maximum absolute atomic E-state index is 11.3. The molecule has 3 unspecified atom stereocenters. The molecule has 0 N–H and O–H groups in total. The topological polar surface area (TPSA) is 52.6 Å². The van der Waals surface area contributed by atoms with Crippen molar-refractivity contribution in [1.82, 2.24) is 0 Å². The molecule has 2 fully saturated rings. The molecule has 0 aromatic rings. The van der Waals surface area contributed by atoms with Crippen LogP contribution in [0, 0.1) is 0 Å². The summed E-state index contributed by atoms with van der Waals surface area (Å²) in [6.07, 6.45) is 2.25. The first kappa shape index (κ1) is 9.65. The summed E-state index contributed by atoms with van der Waals surface area (Å²) in [5.41, 5.74) is 0. The van der Waals surface area contributed by atoms with Crippen LogP contribution in [0.25, 0.3) is 0 Å². The molecule has 2 rings (SSSR count). The van der Waals surface area contributed by atoms with Gasteiger partial charge in [0, 0.05) is 13.3 Å². The van der Waals surface area contributed by atoms with Gasteiger partial charge in [0.1, 0.15) is 12.2 Å². The molecule has 0 aromatic heterocycles.